The Morgan fingerprint density at radius 3 is 2.57 bits per heavy atom. The van der Waals surface area contributed by atoms with Crippen LogP contribution in [0.2, 0.25) is 0 Å². The number of aromatic amines is 1. The van der Waals surface area contributed by atoms with Crippen LogP contribution < -0.4 is 10.8 Å². The quantitative estimate of drug-likeness (QED) is 0.583. The minimum atomic E-state index is 0.334. The summed E-state index contributed by atoms with van der Waals surface area (Å²) < 4.78 is 0. The van der Waals surface area contributed by atoms with Crippen molar-refractivity contribution in [2.45, 2.75) is 26.2 Å². The highest BCUT2D eigenvalue weighted by molar-refractivity contribution is 6.32. The van der Waals surface area contributed by atoms with E-state index < -0.39 is 0 Å². The molecule has 30 heavy (non-hydrogen) atoms. The molecule has 0 bridgehead atoms. The van der Waals surface area contributed by atoms with Gasteiger partial charge in [-0.3, -0.25) is 0 Å². The van der Waals surface area contributed by atoms with Crippen molar-refractivity contribution in [2.75, 3.05) is 0 Å². The van der Waals surface area contributed by atoms with Crippen molar-refractivity contribution >= 4 is 36.4 Å². The lowest BCUT2D eigenvalue weighted by Crippen LogP contribution is -2.22. The van der Waals surface area contributed by atoms with Crippen molar-refractivity contribution in [3.63, 3.8) is 0 Å². The largest absolute Gasteiger partial charge is 0.361 e. The number of aromatic nitrogens is 1. The van der Waals surface area contributed by atoms with E-state index in [1.165, 1.54) is 39.4 Å². The van der Waals surface area contributed by atoms with Gasteiger partial charge in [-0.2, -0.15) is 0 Å². The Balaban J connectivity index is 1.65. The Labute approximate surface area is 179 Å². The number of hydrogen-bond acceptors (Lipinski definition) is 1. The van der Waals surface area contributed by atoms with E-state index in [4.69, 9.17) is 7.85 Å². The van der Waals surface area contributed by atoms with E-state index in [1.54, 1.807) is 0 Å². The van der Waals surface area contributed by atoms with Crippen LogP contribution in [0.1, 0.15) is 47.7 Å². The summed E-state index contributed by atoms with van der Waals surface area (Å²) in [5.74, 6) is 0.334. The van der Waals surface area contributed by atoms with Crippen molar-refractivity contribution in [2.24, 2.45) is 5.92 Å². The van der Waals surface area contributed by atoms with Crippen LogP contribution >= 0.6 is 0 Å². The predicted molar refractivity (Wildman–Crippen MR) is 128 cm³/mol. The molecule has 2 heterocycles. The summed E-state index contributed by atoms with van der Waals surface area (Å²) in [7, 11) is 5.98. The normalized spacial score (nSPS) is 18.0. The first-order valence-electron chi connectivity index (χ1n) is 10.8. The van der Waals surface area contributed by atoms with E-state index >= 15 is 0 Å². The van der Waals surface area contributed by atoms with Gasteiger partial charge >= 0.3 is 0 Å². The minimum absolute atomic E-state index is 0.334. The summed E-state index contributed by atoms with van der Waals surface area (Å²) in [6, 6.07) is 18.9. The lowest BCUT2D eigenvalue weighted by molar-refractivity contribution is 0.781. The molecule has 0 saturated heterocycles. The third kappa shape index (κ3) is 3.35. The molecular formula is C27H25BN2. The second kappa shape index (κ2) is 7.91. The number of rotatable bonds is 4. The van der Waals surface area contributed by atoms with E-state index in [-0.39, 0.29) is 0 Å². The summed E-state index contributed by atoms with van der Waals surface area (Å²) >= 11 is 0. The SMILES string of the molecule is [B]c1ccc(C2=C(c3ccccc3)C(CC)C=C(c3c[nH]c4c3CCC=C4)N2)cc1. The maximum atomic E-state index is 5.98. The predicted octanol–water partition coefficient (Wildman–Crippen LogP) is 5.31. The number of nitrogens with one attached hydrogen (secondary N) is 2. The highest BCUT2D eigenvalue weighted by Gasteiger charge is 2.26. The molecule has 2 aliphatic rings. The van der Waals surface area contributed by atoms with E-state index in [9.17, 15) is 0 Å². The third-order valence-electron chi connectivity index (χ3n) is 6.15. The lowest BCUT2D eigenvalue weighted by Gasteiger charge is -2.30. The van der Waals surface area contributed by atoms with E-state index in [0.29, 0.717) is 5.92 Å². The molecule has 1 unspecified atom stereocenters. The molecule has 2 aromatic carbocycles. The number of hydrogen-bond donors (Lipinski definition) is 2. The molecule has 1 aliphatic heterocycles. The number of allylic oxidation sites excluding steroid dienone is 3. The van der Waals surface area contributed by atoms with Gasteiger partial charge in [0.25, 0.3) is 0 Å². The molecule has 146 valence electrons. The van der Waals surface area contributed by atoms with Gasteiger partial charge < -0.3 is 10.3 Å². The molecule has 0 saturated carbocycles. The van der Waals surface area contributed by atoms with Gasteiger partial charge in [0.1, 0.15) is 7.85 Å². The number of H-pyrrole nitrogens is 1. The second-order valence-corrected chi connectivity index (χ2v) is 8.03. The molecule has 2 N–H and O–H groups in total. The van der Waals surface area contributed by atoms with E-state index in [2.05, 4.69) is 84.1 Å². The van der Waals surface area contributed by atoms with Gasteiger partial charge in [0.15, 0.2) is 0 Å². The van der Waals surface area contributed by atoms with E-state index in [0.717, 1.165) is 30.3 Å². The molecule has 1 aliphatic carbocycles. The first-order chi connectivity index (χ1) is 14.7. The fraction of sp³-hybridized carbons (Fsp3) is 0.185. The molecule has 3 aromatic rings. The molecule has 1 aromatic heterocycles. The molecule has 1 atom stereocenters. The topological polar surface area (TPSA) is 27.8 Å². The van der Waals surface area contributed by atoms with Crippen LogP contribution in [0.15, 0.2) is 72.9 Å². The third-order valence-corrected chi connectivity index (χ3v) is 6.15. The number of benzene rings is 2. The van der Waals surface area contributed by atoms with Gasteiger partial charge in [-0.15, -0.1) is 0 Å². The van der Waals surface area contributed by atoms with Crippen molar-refractivity contribution in [3.8, 4) is 0 Å². The van der Waals surface area contributed by atoms with Crippen molar-refractivity contribution in [1.82, 2.24) is 10.3 Å². The van der Waals surface area contributed by atoms with Crippen LogP contribution in [0.5, 0.6) is 0 Å². The Kier molecular flexibility index (Phi) is 4.96. The fourth-order valence-electron chi connectivity index (χ4n) is 4.60. The molecule has 2 radical (unpaired) electrons. The van der Waals surface area contributed by atoms with Crippen LogP contribution in [0.25, 0.3) is 23.0 Å². The average molecular weight is 388 g/mol. The van der Waals surface area contributed by atoms with Crippen LogP contribution in [0, 0.1) is 5.92 Å². The molecule has 0 spiro atoms. The summed E-state index contributed by atoms with van der Waals surface area (Å²) in [4.78, 5) is 3.46. The molecule has 2 nitrogen and oxygen atoms in total. The van der Waals surface area contributed by atoms with Crippen LogP contribution in [-0.2, 0) is 6.42 Å². The lowest BCUT2D eigenvalue weighted by atomic mass is 9.82. The minimum Gasteiger partial charge on any atom is -0.361 e. The van der Waals surface area contributed by atoms with Gasteiger partial charge in [-0.05, 0) is 47.6 Å². The Morgan fingerprint density at radius 2 is 1.80 bits per heavy atom. The first kappa shape index (κ1) is 18.8. The zero-order valence-corrected chi connectivity index (χ0v) is 17.3. The standard InChI is InChI=1S/C27H25BN2/c1-2-18-16-25(23-17-29-24-11-7-6-10-22(23)24)30-27(20-12-14-21(28)15-13-20)26(18)19-8-4-3-5-9-19/h3-5,7-9,11-18,29-30H,2,6,10H2,1H3. The van der Waals surface area contributed by atoms with Crippen LogP contribution in [0.3, 0.4) is 0 Å². The highest BCUT2D eigenvalue weighted by atomic mass is 14.9. The van der Waals surface area contributed by atoms with Crippen molar-refractivity contribution in [1.29, 1.82) is 0 Å². The van der Waals surface area contributed by atoms with Gasteiger partial charge in [0.05, 0.1) is 5.70 Å². The maximum absolute atomic E-state index is 5.98. The Morgan fingerprint density at radius 1 is 1.00 bits per heavy atom. The Hall–Kier alpha value is -3.20. The zero-order valence-electron chi connectivity index (χ0n) is 17.3. The Bertz CT molecular complexity index is 1150. The summed E-state index contributed by atoms with van der Waals surface area (Å²) in [6.45, 7) is 2.27. The second-order valence-electron chi connectivity index (χ2n) is 8.03. The average Bonchev–Trinajstić information content (AvgIpc) is 3.23. The molecule has 0 amide bonds. The van der Waals surface area contributed by atoms with Gasteiger partial charge in [0.2, 0.25) is 0 Å². The van der Waals surface area contributed by atoms with Crippen LogP contribution in [0.4, 0.5) is 0 Å². The van der Waals surface area contributed by atoms with Crippen molar-refractivity contribution in [3.05, 3.63) is 101 Å². The van der Waals surface area contributed by atoms with E-state index in [1.807, 2.05) is 12.1 Å². The van der Waals surface area contributed by atoms with Gasteiger partial charge in [0, 0.05) is 29.1 Å². The monoisotopic (exact) mass is 388 g/mol. The molecule has 5 rings (SSSR count). The van der Waals surface area contributed by atoms with Crippen LogP contribution in [-0.4, -0.2) is 12.8 Å². The highest BCUT2D eigenvalue weighted by Crippen LogP contribution is 2.40. The smallest absolute Gasteiger partial charge is 0.113 e. The summed E-state index contributed by atoms with van der Waals surface area (Å²) in [5.41, 5.74) is 10.8. The molecule has 0 fully saturated rings. The first-order valence-corrected chi connectivity index (χ1v) is 10.8. The fourth-order valence-corrected chi connectivity index (χ4v) is 4.60. The zero-order chi connectivity index (χ0) is 20.5. The number of dihydropyridines is 1. The van der Waals surface area contributed by atoms with Crippen molar-refractivity contribution < 1.29 is 0 Å². The molecular weight excluding hydrogens is 363 g/mol. The van der Waals surface area contributed by atoms with Gasteiger partial charge in [-0.25, -0.2) is 0 Å². The molecule has 3 heteroatoms. The number of fused-ring (bicyclic) bond motifs is 1. The maximum Gasteiger partial charge on any atom is 0.113 e. The summed E-state index contributed by atoms with van der Waals surface area (Å²) in [5, 5.41) is 3.81. The summed E-state index contributed by atoms with van der Waals surface area (Å²) in [6.07, 6.45) is 12.2. The van der Waals surface area contributed by atoms with Gasteiger partial charge in [-0.1, -0.05) is 79.1 Å².